The van der Waals surface area contributed by atoms with Gasteiger partial charge in [0, 0.05) is 23.3 Å². The predicted octanol–water partition coefficient (Wildman–Crippen LogP) is 3.53. The number of anilines is 1. The summed E-state index contributed by atoms with van der Waals surface area (Å²) >= 11 is -2.16. The van der Waals surface area contributed by atoms with Gasteiger partial charge in [0.2, 0.25) is 5.76 Å². The first kappa shape index (κ1) is 23.4. The first-order chi connectivity index (χ1) is 15.6. The van der Waals surface area contributed by atoms with Gasteiger partial charge in [-0.15, -0.1) is 11.3 Å². The average molecular weight is 501 g/mol. The molecule has 0 radical (unpaired) electrons. The Bertz CT molecular complexity index is 1190. The molecule has 33 heavy (non-hydrogen) atoms. The van der Waals surface area contributed by atoms with Crippen LogP contribution in [0.1, 0.15) is 29.2 Å². The van der Waals surface area contributed by atoms with Crippen LogP contribution in [0.4, 0.5) is 18.2 Å². The van der Waals surface area contributed by atoms with Crippen molar-refractivity contribution in [2.45, 2.75) is 30.5 Å². The smallest absolute Gasteiger partial charge is 0.452 e. The Labute approximate surface area is 192 Å². The number of aliphatic carboxylic acids is 1. The molecule has 3 N–H and O–H groups in total. The second-order valence-corrected chi connectivity index (χ2v) is 9.35. The van der Waals surface area contributed by atoms with Gasteiger partial charge in [-0.25, -0.2) is 4.79 Å². The number of hydrogen-bond acceptors (Lipinski definition) is 7. The van der Waals surface area contributed by atoms with Crippen LogP contribution in [0.3, 0.4) is 0 Å². The minimum absolute atomic E-state index is 0.0412. The molecule has 4 rings (SSSR count). The van der Waals surface area contributed by atoms with Gasteiger partial charge in [-0.3, -0.25) is 8.51 Å². The molecule has 1 fully saturated rings. The Morgan fingerprint density at radius 1 is 1.33 bits per heavy atom. The van der Waals surface area contributed by atoms with Crippen LogP contribution < -0.4 is 10.0 Å². The van der Waals surface area contributed by atoms with Gasteiger partial charge in [-0.05, 0) is 42.6 Å². The lowest BCUT2D eigenvalue weighted by atomic mass is 10.0. The van der Waals surface area contributed by atoms with Crippen molar-refractivity contribution >= 4 is 33.6 Å². The van der Waals surface area contributed by atoms with Gasteiger partial charge in [-0.2, -0.15) is 13.2 Å². The number of thiophene rings is 1. The molecule has 0 saturated heterocycles. The standard InChI is InChI=1S/C20H18F3N3O5S2/c21-20(22,23)16-9-14(25-31-16)15-5-6-17(32-15)26(33(29)30)19(18(27)28)10-13(19)12-3-1-11(2-4-12)7-8-24/h1-6,9,13H,7-8,10,24H2,(H,27,28)(H,29,30)/p-1. The van der Waals surface area contributed by atoms with E-state index in [1.54, 1.807) is 12.1 Å². The zero-order valence-electron chi connectivity index (χ0n) is 16.7. The van der Waals surface area contributed by atoms with E-state index in [4.69, 9.17) is 5.73 Å². The van der Waals surface area contributed by atoms with E-state index in [0.29, 0.717) is 24.6 Å². The molecular weight excluding hydrogens is 483 g/mol. The summed E-state index contributed by atoms with van der Waals surface area (Å²) in [5, 5.41) is 13.4. The molecule has 3 atom stereocenters. The summed E-state index contributed by atoms with van der Waals surface area (Å²) < 4.78 is 67.8. The number of rotatable bonds is 8. The second-order valence-electron chi connectivity index (χ2n) is 7.49. The molecule has 8 nitrogen and oxygen atoms in total. The molecule has 0 amide bonds. The van der Waals surface area contributed by atoms with Gasteiger partial charge in [-0.1, -0.05) is 29.4 Å². The third-order valence-electron chi connectivity index (χ3n) is 5.46. The number of halogens is 3. The third-order valence-corrected chi connectivity index (χ3v) is 7.49. The Morgan fingerprint density at radius 2 is 2.03 bits per heavy atom. The van der Waals surface area contributed by atoms with Crippen LogP contribution in [0.5, 0.6) is 0 Å². The molecule has 2 heterocycles. The molecule has 1 saturated carbocycles. The molecule has 3 unspecified atom stereocenters. The maximum absolute atomic E-state index is 12.8. The van der Waals surface area contributed by atoms with E-state index in [9.17, 15) is 31.8 Å². The summed E-state index contributed by atoms with van der Waals surface area (Å²) in [6, 6.07) is 10.5. The van der Waals surface area contributed by atoms with E-state index in [0.717, 1.165) is 21.2 Å². The number of aromatic nitrogens is 1. The van der Waals surface area contributed by atoms with E-state index in [2.05, 4.69) is 9.68 Å². The summed E-state index contributed by atoms with van der Waals surface area (Å²) in [6.07, 6.45) is -4.02. The largest absolute Gasteiger partial charge is 0.755 e. The van der Waals surface area contributed by atoms with Gasteiger partial charge >= 0.3 is 12.1 Å². The topological polar surface area (TPSA) is 133 Å². The number of nitrogens with zero attached hydrogens (tertiary/aromatic N) is 2. The van der Waals surface area contributed by atoms with Crippen LogP contribution in [0, 0.1) is 0 Å². The molecule has 2 aromatic heterocycles. The lowest BCUT2D eigenvalue weighted by Crippen LogP contribution is -2.46. The highest BCUT2D eigenvalue weighted by atomic mass is 32.2. The molecule has 176 valence electrons. The van der Waals surface area contributed by atoms with Crippen molar-refractivity contribution in [3.05, 3.63) is 59.4 Å². The highest BCUT2D eigenvalue weighted by molar-refractivity contribution is 7.81. The summed E-state index contributed by atoms with van der Waals surface area (Å²) in [5.74, 6) is -3.22. The molecule has 0 spiro atoms. The highest BCUT2D eigenvalue weighted by Gasteiger charge is 2.66. The molecular formula is C20H17F3N3O5S2-. The second kappa shape index (κ2) is 8.56. The van der Waals surface area contributed by atoms with Crippen molar-refractivity contribution in [1.29, 1.82) is 0 Å². The predicted molar refractivity (Wildman–Crippen MR) is 113 cm³/mol. The minimum atomic E-state index is -4.72. The molecule has 13 heteroatoms. The Hall–Kier alpha value is -2.74. The fourth-order valence-electron chi connectivity index (χ4n) is 3.78. The molecule has 0 bridgehead atoms. The number of hydrogen-bond donors (Lipinski definition) is 2. The molecule has 1 aromatic carbocycles. The monoisotopic (exact) mass is 500 g/mol. The number of alkyl halides is 3. The summed E-state index contributed by atoms with van der Waals surface area (Å²) in [5.41, 5.74) is 5.29. The van der Waals surface area contributed by atoms with Crippen LogP contribution in [-0.4, -0.2) is 37.1 Å². The van der Waals surface area contributed by atoms with Crippen LogP contribution in [0.25, 0.3) is 10.6 Å². The minimum Gasteiger partial charge on any atom is -0.755 e. The first-order valence-electron chi connectivity index (χ1n) is 9.64. The number of nitrogens with two attached hydrogens (primary N) is 1. The van der Waals surface area contributed by atoms with Crippen molar-refractivity contribution in [2.75, 3.05) is 10.8 Å². The number of carbonyl (C=O) groups is 1. The number of carboxylic acids is 1. The van der Waals surface area contributed by atoms with Crippen molar-refractivity contribution in [3.8, 4) is 10.6 Å². The lowest BCUT2D eigenvalue weighted by Gasteiger charge is -2.32. The van der Waals surface area contributed by atoms with Gasteiger partial charge < -0.3 is 19.9 Å². The van der Waals surface area contributed by atoms with Crippen molar-refractivity contribution in [1.82, 2.24) is 5.16 Å². The number of carboxylic acid groups (broad SMARTS) is 1. The fourth-order valence-corrected chi connectivity index (χ4v) is 5.77. The molecule has 0 aliphatic heterocycles. The summed E-state index contributed by atoms with van der Waals surface area (Å²) in [6.45, 7) is 0.460. The Balaban J connectivity index is 1.66. The van der Waals surface area contributed by atoms with Crippen LogP contribution in [0.15, 0.2) is 47.0 Å². The van der Waals surface area contributed by atoms with Crippen LogP contribution >= 0.6 is 11.3 Å². The van der Waals surface area contributed by atoms with Crippen molar-refractivity contribution in [2.24, 2.45) is 5.73 Å². The van der Waals surface area contributed by atoms with Crippen LogP contribution in [-0.2, 0) is 28.7 Å². The van der Waals surface area contributed by atoms with E-state index in [1.807, 2.05) is 12.1 Å². The van der Waals surface area contributed by atoms with Gasteiger partial charge in [0.1, 0.15) is 10.7 Å². The van der Waals surface area contributed by atoms with E-state index in [1.165, 1.54) is 12.1 Å². The molecule has 1 aliphatic rings. The van der Waals surface area contributed by atoms with Crippen molar-refractivity contribution in [3.63, 3.8) is 0 Å². The quantitative estimate of drug-likeness (QED) is 0.452. The number of benzene rings is 1. The Kier molecular flexibility index (Phi) is 6.07. The van der Waals surface area contributed by atoms with Crippen molar-refractivity contribution < 1.29 is 36.4 Å². The van der Waals surface area contributed by atoms with Crippen LogP contribution in [0.2, 0.25) is 0 Å². The van der Waals surface area contributed by atoms with E-state index in [-0.39, 0.29) is 22.0 Å². The summed E-state index contributed by atoms with van der Waals surface area (Å²) in [4.78, 5) is 12.5. The van der Waals surface area contributed by atoms with E-state index < -0.39 is 40.6 Å². The first-order valence-corrected chi connectivity index (χ1v) is 11.5. The molecule has 1 aliphatic carbocycles. The maximum Gasteiger partial charge on any atom is 0.452 e. The average Bonchev–Trinajstić information content (AvgIpc) is 3.08. The summed E-state index contributed by atoms with van der Waals surface area (Å²) in [7, 11) is 0. The third kappa shape index (κ3) is 4.28. The van der Waals surface area contributed by atoms with Gasteiger partial charge in [0.25, 0.3) is 0 Å². The van der Waals surface area contributed by atoms with E-state index >= 15 is 0 Å². The zero-order chi connectivity index (χ0) is 24.0. The fraction of sp³-hybridized carbons (Fsp3) is 0.300. The SMILES string of the molecule is NCCc1ccc(C2CC2(C(=O)O)N(c2ccc(-c3cc(C(F)(F)F)on3)s2)S(=O)[O-])cc1. The Morgan fingerprint density at radius 3 is 2.58 bits per heavy atom. The maximum atomic E-state index is 12.8. The zero-order valence-corrected chi connectivity index (χ0v) is 18.4. The normalized spacial score (nSPS) is 21.1. The van der Waals surface area contributed by atoms with Gasteiger partial charge in [0.15, 0.2) is 5.54 Å². The van der Waals surface area contributed by atoms with Gasteiger partial charge in [0.05, 0.1) is 4.88 Å². The lowest BCUT2D eigenvalue weighted by molar-refractivity contribution is -0.155. The molecule has 3 aromatic rings. The highest BCUT2D eigenvalue weighted by Crippen LogP contribution is 2.58.